The number of carbonyl (C=O) groups is 1. The fraction of sp³-hybridized carbons (Fsp3) is 0.812. The number of morpholine rings is 1. The molecule has 0 unspecified atom stereocenters. The topological polar surface area (TPSA) is 72.3 Å². The van der Waals surface area contributed by atoms with Crippen molar-refractivity contribution < 1.29 is 9.53 Å². The minimum atomic E-state index is 0.164. The second-order valence-electron chi connectivity index (χ2n) is 6.95. The van der Waals surface area contributed by atoms with Gasteiger partial charge in [-0.2, -0.15) is 0 Å². The van der Waals surface area contributed by atoms with Crippen LogP contribution in [0.2, 0.25) is 0 Å². The zero-order valence-electron chi connectivity index (χ0n) is 13.4. The molecule has 7 heteroatoms. The predicted molar refractivity (Wildman–Crippen MR) is 83.7 cm³/mol. The molecule has 3 heterocycles. The lowest BCUT2D eigenvalue weighted by Gasteiger charge is -2.41. The van der Waals surface area contributed by atoms with Crippen LogP contribution in [-0.2, 0) is 9.53 Å². The third kappa shape index (κ3) is 3.12. The van der Waals surface area contributed by atoms with Crippen LogP contribution < -0.4 is 5.32 Å². The van der Waals surface area contributed by atoms with Gasteiger partial charge in [-0.15, -0.1) is 10.2 Å². The third-order valence-electron chi connectivity index (χ3n) is 5.61. The third-order valence-corrected chi connectivity index (χ3v) is 5.61. The van der Waals surface area contributed by atoms with Crippen molar-refractivity contribution in [1.82, 2.24) is 25.0 Å². The number of nitrogens with one attached hydrogen (secondary N) is 1. The molecule has 1 aromatic rings. The first kappa shape index (κ1) is 15.1. The van der Waals surface area contributed by atoms with E-state index in [0.717, 1.165) is 58.3 Å². The molecule has 7 nitrogen and oxygen atoms in total. The lowest BCUT2D eigenvalue weighted by Crippen LogP contribution is -2.54. The lowest BCUT2D eigenvalue weighted by molar-refractivity contribution is -0.140. The lowest BCUT2D eigenvalue weighted by atomic mass is 9.82. The van der Waals surface area contributed by atoms with E-state index in [1.165, 1.54) is 0 Å². The van der Waals surface area contributed by atoms with Crippen molar-refractivity contribution in [2.75, 3.05) is 26.2 Å². The first-order valence-corrected chi connectivity index (χ1v) is 8.79. The van der Waals surface area contributed by atoms with Crippen LogP contribution in [0.15, 0.2) is 12.7 Å². The summed E-state index contributed by atoms with van der Waals surface area (Å²) in [5, 5.41) is 11.3. The van der Waals surface area contributed by atoms with E-state index in [0.29, 0.717) is 24.1 Å². The van der Waals surface area contributed by atoms with Gasteiger partial charge in [-0.1, -0.05) is 0 Å². The molecule has 126 valence electrons. The number of ether oxygens (including phenoxy) is 1. The van der Waals surface area contributed by atoms with Crippen molar-refractivity contribution in [3.63, 3.8) is 0 Å². The summed E-state index contributed by atoms with van der Waals surface area (Å²) in [6.07, 6.45) is 8.74. The number of piperidine rings is 1. The maximum Gasteiger partial charge on any atom is 0.225 e. The largest absolute Gasteiger partial charge is 0.375 e. The van der Waals surface area contributed by atoms with E-state index in [9.17, 15) is 4.79 Å². The molecular weight excluding hydrogens is 294 g/mol. The first-order valence-electron chi connectivity index (χ1n) is 8.79. The van der Waals surface area contributed by atoms with E-state index in [-0.39, 0.29) is 5.92 Å². The molecule has 0 bridgehead atoms. The monoisotopic (exact) mass is 319 g/mol. The fourth-order valence-electron chi connectivity index (χ4n) is 4.28. The molecule has 1 aliphatic carbocycles. The summed E-state index contributed by atoms with van der Waals surface area (Å²) in [6.45, 7) is 3.40. The van der Waals surface area contributed by atoms with E-state index in [1.54, 1.807) is 12.7 Å². The molecule has 0 spiro atoms. The Hall–Kier alpha value is -1.47. The standard InChI is InChI=1S/C16H25N5O2/c22-16(12-1-2-15-14(9-12)17-5-8-23-15)20-6-3-13(4-7-20)21-10-18-19-11-21/h10-15,17H,1-9H2/t12-,14+,15+/m0/s1. The Bertz CT molecular complexity index is 527. The number of hydrogen-bond donors (Lipinski definition) is 1. The second-order valence-corrected chi connectivity index (χ2v) is 6.95. The van der Waals surface area contributed by atoms with Crippen LogP contribution >= 0.6 is 0 Å². The normalized spacial score (nSPS) is 32.5. The van der Waals surface area contributed by atoms with Gasteiger partial charge in [-0.05, 0) is 32.1 Å². The molecule has 2 aliphatic heterocycles. The minimum Gasteiger partial charge on any atom is -0.375 e. The zero-order valence-corrected chi connectivity index (χ0v) is 13.4. The number of amides is 1. The zero-order chi connectivity index (χ0) is 15.6. The van der Waals surface area contributed by atoms with Gasteiger partial charge >= 0.3 is 0 Å². The minimum absolute atomic E-state index is 0.164. The van der Waals surface area contributed by atoms with E-state index in [1.807, 2.05) is 0 Å². The summed E-state index contributed by atoms with van der Waals surface area (Å²) in [4.78, 5) is 14.9. The van der Waals surface area contributed by atoms with Gasteiger partial charge in [0.15, 0.2) is 0 Å². The van der Waals surface area contributed by atoms with Crippen molar-refractivity contribution in [3.05, 3.63) is 12.7 Å². The number of nitrogens with zero attached hydrogens (tertiary/aromatic N) is 4. The molecule has 1 aromatic heterocycles. The quantitative estimate of drug-likeness (QED) is 0.864. The first-order chi connectivity index (χ1) is 11.3. The number of hydrogen-bond acceptors (Lipinski definition) is 5. The highest BCUT2D eigenvalue weighted by molar-refractivity contribution is 5.79. The van der Waals surface area contributed by atoms with Gasteiger partial charge in [-0.3, -0.25) is 4.79 Å². The number of fused-ring (bicyclic) bond motifs is 1. The summed E-state index contributed by atoms with van der Waals surface area (Å²) >= 11 is 0. The Labute approximate surface area is 136 Å². The Morgan fingerprint density at radius 3 is 2.70 bits per heavy atom. The highest BCUT2D eigenvalue weighted by atomic mass is 16.5. The molecular formula is C16H25N5O2. The van der Waals surface area contributed by atoms with E-state index in [4.69, 9.17) is 4.74 Å². The Kier molecular flexibility index (Phi) is 4.31. The number of aromatic nitrogens is 3. The van der Waals surface area contributed by atoms with Gasteiger partial charge in [0.1, 0.15) is 12.7 Å². The van der Waals surface area contributed by atoms with Crippen LogP contribution in [0.25, 0.3) is 0 Å². The van der Waals surface area contributed by atoms with Crippen LogP contribution in [0.1, 0.15) is 38.1 Å². The van der Waals surface area contributed by atoms with Crippen molar-refractivity contribution in [2.45, 2.75) is 50.3 Å². The van der Waals surface area contributed by atoms with Crippen molar-refractivity contribution in [2.24, 2.45) is 5.92 Å². The van der Waals surface area contributed by atoms with Crippen LogP contribution in [0.5, 0.6) is 0 Å². The number of rotatable bonds is 2. The molecule has 4 rings (SSSR count). The van der Waals surface area contributed by atoms with Crippen LogP contribution in [-0.4, -0.2) is 64.0 Å². The fourth-order valence-corrected chi connectivity index (χ4v) is 4.28. The maximum atomic E-state index is 12.8. The predicted octanol–water partition coefficient (Wildman–Crippen LogP) is 0.599. The highest BCUT2D eigenvalue weighted by Crippen LogP contribution is 2.31. The molecule has 1 saturated carbocycles. The van der Waals surface area contributed by atoms with E-state index < -0.39 is 0 Å². The van der Waals surface area contributed by atoms with Gasteiger partial charge in [0.25, 0.3) is 0 Å². The van der Waals surface area contributed by atoms with Crippen molar-refractivity contribution in [3.8, 4) is 0 Å². The number of carbonyl (C=O) groups excluding carboxylic acids is 1. The van der Waals surface area contributed by atoms with Crippen LogP contribution in [0.3, 0.4) is 0 Å². The summed E-state index contributed by atoms with van der Waals surface area (Å²) in [7, 11) is 0. The molecule has 3 aliphatic rings. The average Bonchev–Trinajstić information content (AvgIpc) is 3.15. The Balaban J connectivity index is 1.31. The van der Waals surface area contributed by atoms with Gasteiger partial charge in [0, 0.05) is 37.6 Å². The second kappa shape index (κ2) is 6.57. The Morgan fingerprint density at radius 2 is 1.91 bits per heavy atom. The van der Waals surface area contributed by atoms with Gasteiger partial charge in [0.2, 0.25) is 5.91 Å². The van der Waals surface area contributed by atoms with Crippen LogP contribution in [0, 0.1) is 5.92 Å². The molecule has 3 fully saturated rings. The molecule has 23 heavy (non-hydrogen) atoms. The van der Waals surface area contributed by atoms with Crippen LogP contribution in [0.4, 0.5) is 0 Å². The van der Waals surface area contributed by atoms with Gasteiger partial charge in [0.05, 0.1) is 12.7 Å². The molecule has 1 N–H and O–H groups in total. The summed E-state index contributed by atoms with van der Waals surface area (Å²) < 4.78 is 7.87. The molecule has 0 radical (unpaired) electrons. The molecule has 1 amide bonds. The van der Waals surface area contributed by atoms with E-state index in [2.05, 4.69) is 25.0 Å². The molecule has 3 atom stereocenters. The maximum absolute atomic E-state index is 12.8. The SMILES string of the molecule is O=C([C@H]1CC[C@H]2OCCN[C@@H]2C1)N1CCC(n2cnnc2)CC1. The summed E-state index contributed by atoms with van der Waals surface area (Å²) in [6, 6.07) is 0.791. The number of likely N-dealkylation sites (tertiary alicyclic amines) is 1. The van der Waals surface area contributed by atoms with E-state index >= 15 is 0 Å². The van der Waals surface area contributed by atoms with Gasteiger partial charge in [-0.25, -0.2) is 0 Å². The molecule has 0 aromatic carbocycles. The van der Waals surface area contributed by atoms with Crippen molar-refractivity contribution in [1.29, 1.82) is 0 Å². The summed E-state index contributed by atoms with van der Waals surface area (Å²) in [5.74, 6) is 0.509. The average molecular weight is 319 g/mol. The Morgan fingerprint density at radius 1 is 1.13 bits per heavy atom. The smallest absolute Gasteiger partial charge is 0.225 e. The summed E-state index contributed by atoms with van der Waals surface area (Å²) in [5.41, 5.74) is 0. The highest BCUT2D eigenvalue weighted by Gasteiger charge is 2.38. The van der Waals surface area contributed by atoms with Gasteiger partial charge < -0.3 is 19.5 Å². The van der Waals surface area contributed by atoms with Crippen molar-refractivity contribution >= 4 is 5.91 Å². The molecule has 2 saturated heterocycles.